The van der Waals surface area contributed by atoms with Crippen LogP contribution in [-0.4, -0.2) is 85.9 Å². The zero-order valence-corrected chi connectivity index (χ0v) is 22.1. The fourth-order valence-corrected chi connectivity index (χ4v) is 6.11. The molecule has 1 aliphatic carbocycles. The number of hydrogen-bond acceptors (Lipinski definition) is 6. The van der Waals surface area contributed by atoms with E-state index in [1.165, 1.54) is 18.4 Å². The third-order valence-electron chi connectivity index (χ3n) is 8.21. The smallest absolute Gasteiger partial charge is 0.237 e. The molecule has 2 saturated heterocycles. The van der Waals surface area contributed by atoms with E-state index < -0.39 is 0 Å². The van der Waals surface area contributed by atoms with Gasteiger partial charge in [-0.1, -0.05) is 30.3 Å². The van der Waals surface area contributed by atoms with E-state index in [1.54, 1.807) is 7.11 Å². The number of piperazine rings is 1. The van der Waals surface area contributed by atoms with Crippen LogP contribution in [0.3, 0.4) is 0 Å². The van der Waals surface area contributed by atoms with Crippen LogP contribution in [0, 0.1) is 5.92 Å². The third kappa shape index (κ3) is 6.39. The molecule has 0 bridgehead atoms. The lowest BCUT2D eigenvalue weighted by atomic mass is 10.0. The maximum Gasteiger partial charge on any atom is 0.237 e. The molecule has 0 spiro atoms. The topological polar surface area (TPSA) is 65.5 Å². The molecule has 0 unspecified atom stereocenters. The largest absolute Gasteiger partial charge is 0.493 e. The number of nitrogens with zero attached hydrogens (tertiary/aromatic N) is 3. The molecule has 2 atom stereocenters. The minimum Gasteiger partial charge on any atom is -0.493 e. The van der Waals surface area contributed by atoms with Gasteiger partial charge in [0.15, 0.2) is 11.5 Å². The summed E-state index contributed by atoms with van der Waals surface area (Å²) < 4.78 is 12.0. The number of benzene rings is 2. The molecule has 2 heterocycles. The van der Waals surface area contributed by atoms with Crippen LogP contribution in [0.25, 0.3) is 0 Å². The summed E-state index contributed by atoms with van der Waals surface area (Å²) in [5, 5.41) is 9.50. The van der Waals surface area contributed by atoms with Gasteiger partial charge in [0.1, 0.15) is 0 Å². The molecule has 1 saturated carbocycles. The Morgan fingerprint density at radius 3 is 2.51 bits per heavy atom. The average Bonchev–Trinajstić information content (AvgIpc) is 3.61. The Morgan fingerprint density at radius 1 is 0.973 bits per heavy atom. The molecule has 3 aliphatic rings. The van der Waals surface area contributed by atoms with Crippen molar-refractivity contribution in [2.45, 2.75) is 50.7 Å². The molecular formula is C30H41N3O4. The molecule has 7 nitrogen and oxygen atoms in total. The van der Waals surface area contributed by atoms with Crippen LogP contribution >= 0.6 is 0 Å². The van der Waals surface area contributed by atoms with E-state index in [0.717, 1.165) is 69.0 Å². The number of aliphatic hydroxyl groups is 1. The van der Waals surface area contributed by atoms with Crippen molar-refractivity contribution in [3.05, 3.63) is 54.1 Å². The van der Waals surface area contributed by atoms with Gasteiger partial charge >= 0.3 is 0 Å². The summed E-state index contributed by atoms with van der Waals surface area (Å²) in [5.74, 6) is 2.08. The van der Waals surface area contributed by atoms with E-state index >= 15 is 0 Å². The number of ether oxygens (including phenoxy) is 2. The summed E-state index contributed by atoms with van der Waals surface area (Å²) in [5.41, 5.74) is 2.36. The Balaban J connectivity index is 1.31. The zero-order valence-electron chi connectivity index (χ0n) is 22.1. The van der Waals surface area contributed by atoms with E-state index in [4.69, 9.17) is 9.47 Å². The van der Waals surface area contributed by atoms with Crippen LogP contribution in [0.15, 0.2) is 48.5 Å². The van der Waals surface area contributed by atoms with Crippen LogP contribution < -0.4 is 14.4 Å². The molecule has 2 aromatic rings. The molecule has 200 valence electrons. The van der Waals surface area contributed by atoms with E-state index in [0.29, 0.717) is 19.0 Å². The minimum absolute atomic E-state index is 0.0844. The van der Waals surface area contributed by atoms with Gasteiger partial charge in [0, 0.05) is 44.5 Å². The highest BCUT2D eigenvalue weighted by molar-refractivity contribution is 5.79. The van der Waals surface area contributed by atoms with Gasteiger partial charge in [-0.15, -0.1) is 0 Å². The number of hydrogen-bond donors (Lipinski definition) is 1. The number of anilines is 1. The van der Waals surface area contributed by atoms with Gasteiger partial charge in [-0.3, -0.25) is 9.69 Å². The Bertz CT molecular complexity index is 1030. The number of carbonyl (C=O) groups is 1. The lowest BCUT2D eigenvalue weighted by Gasteiger charge is -2.43. The fourth-order valence-electron chi connectivity index (χ4n) is 6.11. The number of likely N-dealkylation sites (tertiary alicyclic amines) is 1. The molecule has 1 N–H and O–H groups in total. The maximum atomic E-state index is 13.5. The van der Waals surface area contributed by atoms with Crippen molar-refractivity contribution >= 4 is 11.6 Å². The number of amides is 1. The van der Waals surface area contributed by atoms with Gasteiger partial charge in [0.05, 0.1) is 25.8 Å². The van der Waals surface area contributed by atoms with Gasteiger partial charge in [0.25, 0.3) is 0 Å². The predicted octanol–water partition coefficient (Wildman–Crippen LogP) is 3.59. The number of methoxy groups -OCH3 is 1. The highest BCUT2D eigenvalue weighted by Crippen LogP contribution is 2.36. The van der Waals surface area contributed by atoms with Crippen molar-refractivity contribution in [1.82, 2.24) is 9.80 Å². The predicted molar refractivity (Wildman–Crippen MR) is 145 cm³/mol. The normalized spacial score (nSPS) is 23.0. The van der Waals surface area contributed by atoms with Crippen LogP contribution in [0.2, 0.25) is 0 Å². The minimum atomic E-state index is 0.0844. The summed E-state index contributed by atoms with van der Waals surface area (Å²) >= 11 is 0. The highest BCUT2D eigenvalue weighted by atomic mass is 16.5. The van der Waals surface area contributed by atoms with Crippen molar-refractivity contribution in [2.75, 3.05) is 57.9 Å². The van der Waals surface area contributed by atoms with E-state index in [9.17, 15) is 9.90 Å². The summed E-state index contributed by atoms with van der Waals surface area (Å²) in [4.78, 5) is 20.2. The van der Waals surface area contributed by atoms with Crippen LogP contribution in [0.4, 0.5) is 5.69 Å². The zero-order chi connectivity index (χ0) is 25.6. The Morgan fingerprint density at radius 2 is 1.78 bits per heavy atom. The molecular weight excluding hydrogens is 466 g/mol. The first-order valence-corrected chi connectivity index (χ1v) is 13.9. The lowest BCUT2D eigenvalue weighted by molar-refractivity contribution is -0.135. The molecule has 0 radical (unpaired) electrons. The maximum absolute atomic E-state index is 13.5. The second kappa shape index (κ2) is 12.2. The van der Waals surface area contributed by atoms with Gasteiger partial charge in [-0.2, -0.15) is 0 Å². The SMILES string of the molecule is COc1ccc(N2CCN(C(=O)CN3CC[C@@H](CO)C3)[C@@H](Cc3ccccc3)C2)cc1OC1CCCC1. The average molecular weight is 508 g/mol. The summed E-state index contributed by atoms with van der Waals surface area (Å²) in [6.45, 7) is 4.58. The summed E-state index contributed by atoms with van der Waals surface area (Å²) in [6.07, 6.45) is 6.70. The summed E-state index contributed by atoms with van der Waals surface area (Å²) in [6, 6.07) is 16.8. The van der Waals surface area contributed by atoms with E-state index in [1.807, 2.05) is 12.1 Å². The standard InChI is InChI=1S/C30H41N3O4/c1-36-28-12-11-25(18-29(28)37-27-9-5-6-10-27)32-15-16-33(26(20-32)17-23-7-3-2-4-8-23)30(35)21-31-14-13-24(19-31)22-34/h2-4,7-8,11-12,18,24,26-27,34H,5-6,9-10,13-17,19-22H2,1H3/t24-,26+/m1/s1. The molecule has 7 heteroatoms. The van der Waals surface area contributed by atoms with Crippen LogP contribution in [-0.2, 0) is 11.2 Å². The van der Waals surface area contributed by atoms with Crippen LogP contribution in [0.1, 0.15) is 37.7 Å². The summed E-state index contributed by atoms with van der Waals surface area (Å²) in [7, 11) is 1.69. The second-order valence-electron chi connectivity index (χ2n) is 10.8. The first-order valence-electron chi connectivity index (χ1n) is 13.9. The Hall–Kier alpha value is -2.77. The van der Waals surface area contributed by atoms with E-state index in [-0.39, 0.29) is 24.7 Å². The monoisotopic (exact) mass is 507 g/mol. The van der Waals surface area contributed by atoms with Crippen molar-refractivity contribution in [1.29, 1.82) is 0 Å². The molecule has 5 rings (SSSR count). The first-order chi connectivity index (χ1) is 18.1. The van der Waals surface area contributed by atoms with Gasteiger partial charge < -0.3 is 24.4 Å². The lowest BCUT2D eigenvalue weighted by Crippen LogP contribution is -2.57. The Labute approximate surface area is 221 Å². The van der Waals surface area contributed by atoms with Gasteiger partial charge in [-0.05, 0) is 68.7 Å². The van der Waals surface area contributed by atoms with Crippen LogP contribution in [0.5, 0.6) is 11.5 Å². The molecule has 0 aromatic heterocycles. The molecule has 37 heavy (non-hydrogen) atoms. The van der Waals surface area contributed by atoms with Crippen molar-refractivity contribution in [2.24, 2.45) is 5.92 Å². The first kappa shape index (κ1) is 25.9. The fraction of sp³-hybridized carbons (Fsp3) is 0.567. The second-order valence-corrected chi connectivity index (χ2v) is 10.8. The number of carbonyl (C=O) groups excluding carboxylic acids is 1. The quantitative estimate of drug-likeness (QED) is 0.560. The Kier molecular flexibility index (Phi) is 8.52. The third-order valence-corrected chi connectivity index (χ3v) is 8.21. The number of aliphatic hydroxyl groups excluding tert-OH is 1. The van der Waals surface area contributed by atoms with Gasteiger partial charge in [0.2, 0.25) is 5.91 Å². The molecule has 2 aliphatic heterocycles. The number of rotatable bonds is 9. The molecule has 2 aromatic carbocycles. The highest BCUT2D eigenvalue weighted by Gasteiger charge is 2.33. The van der Waals surface area contributed by atoms with Crippen molar-refractivity contribution < 1.29 is 19.4 Å². The van der Waals surface area contributed by atoms with Crippen molar-refractivity contribution in [3.63, 3.8) is 0 Å². The molecule has 1 amide bonds. The van der Waals surface area contributed by atoms with Gasteiger partial charge in [-0.25, -0.2) is 0 Å². The van der Waals surface area contributed by atoms with E-state index in [2.05, 4.69) is 51.1 Å². The van der Waals surface area contributed by atoms with Crippen molar-refractivity contribution in [3.8, 4) is 11.5 Å². The molecule has 3 fully saturated rings.